The Morgan fingerprint density at radius 2 is 2.07 bits per heavy atom. The van der Waals surface area contributed by atoms with Crippen LogP contribution in [0.2, 0.25) is 0 Å². The molecule has 1 N–H and O–H groups in total. The molecule has 0 unspecified atom stereocenters. The summed E-state index contributed by atoms with van der Waals surface area (Å²) in [6.07, 6.45) is 6.49. The number of unbranched alkanes of at least 4 members (excludes halogenated alkanes) is 1. The van der Waals surface area contributed by atoms with Gasteiger partial charge in [-0.05, 0) is 48.9 Å². The highest BCUT2D eigenvalue weighted by Gasteiger charge is 2.10. The van der Waals surface area contributed by atoms with Crippen molar-refractivity contribution in [2.45, 2.75) is 45.6 Å². The van der Waals surface area contributed by atoms with Gasteiger partial charge in [0.25, 0.3) is 0 Å². The third-order valence-corrected chi connectivity index (χ3v) is 3.20. The Hall–Kier alpha value is -0.820. The number of rotatable bonds is 5. The molecule has 0 radical (unpaired) electrons. The molecular formula is C14H21N. The van der Waals surface area contributed by atoms with E-state index in [1.54, 1.807) is 11.1 Å². The van der Waals surface area contributed by atoms with E-state index in [1.165, 1.54) is 37.7 Å². The second kappa shape index (κ2) is 5.32. The lowest BCUT2D eigenvalue weighted by atomic mass is 10.1. The monoisotopic (exact) mass is 203 g/mol. The van der Waals surface area contributed by atoms with Crippen LogP contribution in [0.1, 0.15) is 42.9 Å². The number of hydrogen-bond acceptors (Lipinski definition) is 1. The predicted molar refractivity (Wildman–Crippen MR) is 65.1 cm³/mol. The van der Waals surface area contributed by atoms with Crippen LogP contribution >= 0.6 is 0 Å². The largest absolute Gasteiger partial charge is 0.313 e. The molecular weight excluding hydrogens is 182 g/mol. The van der Waals surface area contributed by atoms with Gasteiger partial charge in [-0.1, -0.05) is 31.5 Å². The molecule has 0 heterocycles. The molecule has 1 heteroatoms. The van der Waals surface area contributed by atoms with Crippen molar-refractivity contribution < 1.29 is 0 Å². The first-order valence-electron chi connectivity index (χ1n) is 6.21. The zero-order valence-electron chi connectivity index (χ0n) is 9.68. The molecule has 1 aromatic carbocycles. The summed E-state index contributed by atoms with van der Waals surface area (Å²) in [5.74, 6) is 0. The van der Waals surface area contributed by atoms with Crippen molar-refractivity contribution in [2.24, 2.45) is 0 Å². The van der Waals surface area contributed by atoms with Crippen molar-refractivity contribution >= 4 is 0 Å². The van der Waals surface area contributed by atoms with Gasteiger partial charge in [0.05, 0.1) is 0 Å². The lowest BCUT2D eigenvalue weighted by Crippen LogP contribution is -2.14. The van der Waals surface area contributed by atoms with E-state index in [9.17, 15) is 0 Å². The van der Waals surface area contributed by atoms with Gasteiger partial charge in [-0.2, -0.15) is 0 Å². The first-order chi connectivity index (χ1) is 7.40. The zero-order valence-corrected chi connectivity index (χ0v) is 9.68. The Bertz CT molecular complexity index is 317. The van der Waals surface area contributed by atoms with Crippen LogP contribution in [0.3, 0.4) is 0 Å². The van der Waals surface area contributed by atoms with Crippen LogP contribution in [0.5, 0.6) is 0 Å². The van der Waals surface area contributed by atoms with Crippen LogP contribution in [-0.2, 0) is 19.4 Å². The van der Waals surface area contributed by atoms with Gasteiger partial charge in [-0.25, -0.2) is 0 Å². The van der Waals surface area contributed by atoms with E-state index in [4.69, 9.17) is 0 Å². The van der Waals surface area contributed by atoms with Gasteiger partial charge in [0.2, 0.25) is 0 Å². The van der Waals surface area contributed by atoms with Crippen LogP contribution in [0.4, 0.5) is 0 Å². The Labute approximate surface area is 92.9 Å². The van der Waals surface area contributed by atoms with Crippen molar-refractivity contribution in [3.63, 3.8) is 0 Å². The highest BCUT2D eigenvalue weighted by Crippen LogP contribution is 2.22. The summed E-state index contributed by atoms with van der Waals surface area (Å²) >= 11 is 0. The molecule has 82 valence electrons. The molecule has 0 saturated heterocycles. The third-order valence-electron chi connectivity index (χ3n) is 3.20. The second-order valence-corrected chi connectivity index (χ2v) is 4.49. The quantitative estimate of drug-likeness (QED) is 0.725. The van der Waals surface area contributed by atoms with E-state index in [-0.39, 0.29) is 0 Å². The summed E-state index contributed by atoms with van der Waals surface area (Å²) < 4.78 is 0. The van der Waals surface area contributed by atoms with Gasteiger partial charge < -0.3 is 5.32 Å². The molecule has 0 amide bonds. The van der Waals surface area contributed by atoms with Gasteiger partial charge in [0.1, 0.15) is 0 Å². The molecule has 0 fully saturated rings. The van der Waals surface area contributed by atoms with Crippen LogP contribution in [0, 0.1) is 0 Å². The Morgan fingerprint density at radius 3 is 2.93 bits per heavy atom. The molecule has 0 bridgehead atoms. The van der Waals surface area contributed by atoms with Crippen LogP contribution in [-0.4, -0.2) is 6.54 Å². The number of aryl methyl sites for hydroxylation is 2. The highest BCUT2D eigenvalue weighted by molar-refractivity contribution is 5.35. The van der Waals surface area contributed by atoms with Gasteiger partial charge in [-0.3, -0.25) is 0 Å². The number of nitrogens with one attached hydrogen (secondary N) is 1. The van der Waals surface area contributed by atoms with Crippen LogP contribution in [0.15, 0.2) is 18.2 Å². The normalized spacial score (nSPS) is 14.2. The minimum atomic E-state index is 1.03. The fraction of sp³-hybridized carbons (Fsp3) is 0.571. The SMILES string of the molecule is CCCCNCc1ccc2c(c1)CCC2. The maximum atomic E-state index is 3.49. The minimum Gasteiger partial charge on any atom is -0.313 e. The molecule has 0 aliphatic heterocycles. The van der Waals surface area contributed by atoms with E-state index >= 15 is 0 Å². The summed E-state index contributed by atoms with van der Waals surface area (Å²) in [5.41, 5.74) is 4.61. The lowest BCUT2D eigenvalue weighted by Gasteiger charge is -2.06. The fourth-order valence-electron chi connectivity index (χ4n) is 2.27. The summed E-state index contributed by atoms with van der Waals surface area (Å²) in [5, 5.41) is 3.49. The van der Waals surface area contributed by atoms with Crippen molar-refractivity contribution in [1.29, 1.82) is 0 Å². The first-order valence-corrected chi connectivity index (χ1v) is 6.21. The number of benzene rings is 1. The highest BCUT2D eigenvalue weighted by atomic mass is 14.8. The molecule has 2 rings (SSSR count). The minimum absolute atomic E-state index is 1.03. The summed E-state index contributed by atoms with van der Waals surface area (Å²) in [6, 6.07) is 6.99. The Kier molecular flexibility index (Phi) is 3.79. The van der Waals surface area contributed by atoms with E-state index in [0.717, 1.165) is 13.1 Å². The average Bonchev–Trinajstić information content (AvgIpc) is 2.71. The Morgan fingerprint density at radius 1 is 1.20 bits per heavy atom. The number of fused-ring (bicyclic) bond motifs is 1. The van der Waals surface area contributed by atoms with Crippen molar-refractivity contribution in [3.8, 4) is 0 Å². The average molecular weight is 203 g/mol. The lowest BCUT2D eigenvalue weighted by molar-refractivity contribution is 0.641. The molecule has 0 saturated carbocycles. The molecule has 1 aliphatic carbocycles. The summed E-state index contributed by atoms with van der Waals surface area (Å²) in [4.78, 5) is 0. The smallest absolute Gasteiger partial charge is 0.0205 e. The summed E-state index contributed by atoms with van der Waals surface area (Å²) in [6.45, 7) is 4.41. The molecule has 1 aliphatic rings. The van der Waals surface area contributed by atoms with E-state index < -0.39 is 0 Å². The maximum Gasteiger partial charge on any atom is 0.0205 e. The van der Waals surface area contributed by atoms with Crippen LogP contribution < -0.4 is 5.32 Å². The molecule has 1 nitrogen and oxygen atoms in total. The van der Waals surface area contributed by atoms with Gasteiger partial charge in [-0.15, -0.1) is 0 Å². The Balaban J connectivity index is 1.87. The standard InChI is InChI=1S/C14H21N/c1-2-3-9-15-11-12-7-8-13-5-4-6-14(13)10-12/h7-8,10,15H,2-6,9,11H2,1H3. The maximum absolute atomic E-state index is 3.49. The predicted octanol–water partition coefficient (Wildman–Crippen LogP) is 3.07. The summed E-state index contributed by atoms with van der Waals surface area (Å²) in [7, 11) is 0. The molecule has 0 spiro atoms. The van der Waals surface area contributed by atoms with E-state index in [0.29, 0.717) is 0 Å². The van der Waals surface area contributed by atoms with Crippen molar-refractivity contribution in [3.05, 3.63) is 34.9 Å². The molecule has 1 aromatic rings. The topological polar surface area (TPSA) is 12.0 Å². The van der Waals surface area contributed by atoms with Crippen molar-refractivity contribution in [2.75, 3.05) is 6.54 Å². The van der Waals surface area contributed by atoms with Crippen LogP contribution in [0.25, 0.3) is 0 Å². The van der Waals surface area contributed by atoms with Gasteiger partial charge in [0, 0.05) is 6.54 Å². The van der Waals surface area contributed by atoms with E-state index in [2.05, 4.69) is 30.4 Å². The molecule has 0 atom stereocenters. The fourth-order valence-corrected chi connectivity index (χ4v) is 2.27. The molecule has 15 heavy (non-hydrogen) atoms. The van der Waals surface area contributed by atoms with Crippen molar-refractivity contribution in [1.82, 2.24) is 5.32 Å². The number of hydrogen-bond donors (Lipinski definition) is 1. The van der Waals surface area contributed by atoms with Gasteiger partial charge in [0.15, 0.2) is 0 Å². The van der Waals surface area contributed by atoms with Gasteiger partial charge >= 0.3 is 0 Å². The second-order valence-electron chi connectivity index (χ2n) is 4.49. The zero-order chi connectivity index (χ0) is 10.5. The third kappa shape index (κ3) is 2.82. The van der Waals surface area contributed by atoms with E-state index in [1.807, 2.05) is 0 Å². The molecule has 0 aromatic heterocycles. The first kappa shape index (κ1) is 10.7.